The first-order valence-corrected chi connectivity index (χ1v) is 12.0. The van der Waals surface area contributed by atoms with Crippen LogP contribution in [0.5, 0.6) is 0 Å². The van der Waals surface area contributed by atoms with E-state index in [0.717, 1.165) is 22.5 Å². The molecule has 1 aliphatic heterocycles. The molecule has 1 saturated heterocycles. The molecule has 1 atom stereocenters. The van der Waals surface area contributed by atoms with Crippen LogP contribution in [-0.4, -0.2) is 44.5 Å². The predicted molar refractivity (Wildman–Crippen MR) is 139 cm³/mol. The molecule has 1 fully saturated rings. The fourth-order valence-corrected chi connectivity index (χ4v) is 4.82. The van der Waals surface area contributed by atoms with Crippen molar-refractivity contribution < 1.29 is 4.79 Å². The molecule has 3 aromatic carbocycles. The maximum atomic E-state index is 13.2. The van der Waals surface area contributed by atoms with Crippen molar-refractivity contribution in [3.05, 3.63) is 92.9 Å². The number of hydrogen-bond donors (Lipinski definition) is 0. The molecule has 0 radical (unpaired) electrons. The highest BCUT2D eigenvalue weighted by Gasteiger charge is 2.31. The van der Waals surface area contributed by atoms with Gasteiger partial charge in [-0.05, 0) is 53.6 Å². The average molecular weight is 503 g/mol. The Kier molecular flexibility index (Phi) is 7.38. The van der Waals surface area contributed by atoms with Gasteiger partial charge in [0, 0.05) is 49.5 Å². The van der Waals surface area contributed by atoms with Crippen molar-refractivity contribution >= 4 is 52.1 Å². The number of carbonyl (C=O) groups is 1. The lowest BCUT2D eigenvalue weighted by atomic mass is 10.0. The van der Waals surface area contributed by atoms with Gasteiger partial charge in [0.15, 0.2) is 0 Å². The van der Waals surface area contributed by atoms with Crippen molar-refractivity contribution in [1.82, 2.24) is 4.90 Å². The van der Waals surface area contributed by atoms with Crippen molar-refractivity contribution in [2.45, 2.75) is 12.5 Å². The summed E-state index contributed by atoms with van der Waals surface area (Å²) in [6.07, 6.45) is 0.378. The van der Waals surface area contributed by atoms with E-state index in [1.54, 1.807) is 6.07 Å². The number of anilines is 2. The first-order valence-electron chi connectivity index (χ1n) is 10.8. The van der Waals surface area contributed by atoms with Crippen LogP contribution in [-0.2, 0) is 11.2 Å². The average Bonchev–Trinajstić information content (AvgIpc) is 2.80. The maximum Gasteiger partial charge on any atom is 0.227 e. The SMILES string of the molecule is CN(C)c1ccc(CC(=O)N2CCN(c3ccc(Cl)cc3Cl)C(c3ccc(Cl)cc3)C2)cc1. The highest BCUT2D eigenvalue weighted by molar-refractivity contribution is 6.36. The standard InChI is InChI=1S/C26H26Cl3N3O/c1-30(2)22-10-3-18(4-11-22)15-26(33)31-13-14-32(24-12-9-21(28)16-23(24)29)25(17-31)19-5-7-20(27)8-6-19/h3-12,16,25H,13-15,17H2,1-2H3. The van der Waals surface area contributed by atoms with Crippen LogP contribution in [0.2, 0.25) is 15.1 Å². The molecule has 172 valence electrons. The molecule has 7 heteroatoms. The summed E-state index contributed by atoms with van der Waals surface area (Å²) in [4.78, 5) is 19.4. The fraction of sp³-hybridized carbons (Fsp3) is 0.269. The first-order chi connectivity index (χ1) is 15.8. The van der Waals surface area contributed by atoms with Crippen molar-refractivity contribution in [3.8, 4) is 0 Å². The van der Waals surface area contributed by atoms with Gasteiger partial charge in [-0.2, -0.15) is 0 Å². The molecule has 0 N–H and O–H groups in total. The second-order valence-corrected chi connectivity index (χ2v) is 9.71. The van der Waals surface area contributed by atoms with Crippen molar-refractivity contribution in [3.63, 3.8) is 0 Å². The summed E-state index contributed by atoms with van der Waals surface area (Å²) in [6, 6.07) is 21.4. The van der Waals surface area contributed by atoms with Crippen LogP contribution in [0.3, 0.4) is 0 Å². The molecule has 4 rings (SSSR count). The van der Waals surface area contributed by atoms with Gasteiger partial charge >= 0.3 is 0 Å². The van der Waals surface area contributed by atoms with Gasteiger partial charge in [-0.25, -0.2) is 0 Å². The van der Waals surface area contributed by atoms with Crippen LogP contribution in [0, 0.1) is 0 Å². The minimum atomic E-state index is -0.0465. The molecule has 0 saturated carbocycles. The zero-order valence-corrected chi connectivity index (χ0v) is 20.9. The zero-order chi connectivity index (χ0) is 23.5. The van der Waals surface area contributed by atoms with Gasteiger partial charge < -0.3 is 14.7 Å². The minimum absolute atomic E-state index is 0.0465. The second-order valence-electron chi connectivity index (χ2n) is 8.43. The largest absolute Gasteiger partial charge is 0.378 e. The number of carbonyl (C=O) groups excluding carboxylic acids is 1. The summed E-state index contributed by atoms with van der Waals surface area (Å²) in [5, 5.41) is 1.88. The van der Waals surface area contributed by atoms with E-state index >= 15 is 0 Å². The Morgan fingerprint density at radius 3 is 2.21 bits per heavy atom. The number of rotatable bonds is 5. The van der Waals surface area contributed by atoms with Crippen LogP contribution < -0.4 is 9.80 Å². The number of benzene rings is 3. The Morgan fingerprint density at radius 2 is 1.58 bits per heavy atom. The molecule has 0 aromatic heterocycles. The maximum absolute atomic E-state index is 13.2. The molecule has 1 amide bonds. The van der Waals surface area contributed by atoms with E-state index in [9.17, 15) is 4.79 Å². The number of amides is 1. The van der Waals surface area contributed by atoms with E-state index in [1.165, 1.54) is 0 Å². The highest BCUT2D eigenvalue weighted by Crippen LogP contribution is 2.37. The zero-order valence-electron chi connectivity index (χ0n) is 18.6. The normalized spacial score (nSPS) is 16.1. The second kappa shape index (κ2) is 10.3. The van der Waals surface area contributed by atoms with Gasteiger partial charge in [0.25, 0.3) is 0 Å². The fourth-order valence-electron chi connectivity index (χ4n) is 4.18. The molecule has 33 heavy (non-hydrogen) atoms. The molecule has 1 heterocycles. The third kappa shape index (κ3) is 5.57. The van der Waals surface area contributed by atoms with Crippen LogP contribution in [0.4, 0.5) is 11.4 Å². The molecule has 0 aliphatic carbocycles. The van der Waals surface area contributed by atoms with E-state index in [-0.39, 0.29) is 11.9 Å². The molecule has 0 bridgehead atoms. The third-order valence-electron chi connectivity index (χ3n) is 6.02. The monoisotopic (exact) mass is 501 g/mol. The minimum Gasteiger partial charge on any atom is -0.378 e. The number of nitrogens with zero attached hydrogens (tertiary/aromatic N) is 3. The lowest BCUT2D eigenvalue weighted by Gasteiger charge is -2.43. The van der Waals surface area contributed by atoms with E-state index in [2.05, 4.69) is 4.90 Å². The van der Waals surface area contributed by atoms with Crippen LogP contribution in [0.1, 0.15) is 17.2 Å². The first kappa shape index (κ1) is 23.7. The molecule has 4 nitrogen and oxygen atoms in total. The molecule has 1 unspecified atom stereocenters. The number of piperazine rings is 1. The molecule has 1 aliphatic rings. The van der Waals surface area contributed by atoms with Crippen LogP contribution >= 0.6 is 34.8 Å². The van der Waals surface area contributed by atoms with Gasteiger partial charge in [-0.1, -0.05) is 59.1 Å². The summed E-state index contributed by atoms with van der Waals surface area (Å²) in [5.41, 5.74) is 4.12. The Bertz CT molecular complexity index is 1120. The van der Waals surface area contributed by atoms with Crippen LogP contribution in [0.25, 0.3) is 0 Å². The van der Waals surface area contributed by atoms with Gasteiger partial charge in [0.05, 0.1) is 23.2 Å². The van der Waals surface area contributed by atoms with Gasteiger partial charge in [0.2, 0.25) is 5.91 Å². The van der Waals surface area contributed by atoms with Crippen molar-refractivity contribution in [2.24, 2.45) is 0 Å². The Morgan fingerprint density at radius 1 is 0.909 bits per heavy atom. The summed E-state index contributed by atoms with van der Waals surface area (Å²) < 4.78 is 0. The predicted octanol–water partition coefficient (Wildman–Crippen LogP) is 6.35. The van der Waals surface area contributed by atoms with Crippen LogP contribution in [0.15, 0.2) is 66.7 Å². The smallest absolute Gasteiger partial charge is 0.227 e. The van der Waals surface area contributed by atoms with Crippen molar-refractivity contribution in [1.29, 1.82) is 0 Å². The third-order valence-corrected chi connectivity index (χ3v) is 6.80. The van der Waals surface area contributed by atoms with E-state index in [4.69, 9.17) is 34.8 Å². The molecule has 3 aromatic rings. The Hall–Kier alpha value is -2.40. The van der Waals surface area contributed by atoms with Gasteiger partial charge in [-0.3, -0.25) is 4.79 Å². The van der Waals surface area contributed by atoms with Crippen molar-refractivity contribution in [2.75, 3.05) is 43.5 Å². The number of halogens is 3. The Labute approximate surface area is 210 Å². The van der Waals surface area contributed by atoms with Gasteiger partial charge in [-0.15, -0.1) is 0 Å². The highest BCUT2D eigenvalue weighted by atomic mass is 35.5. The number of hydrogen-bond acceptors (Lipinski definition) is 3. The van der Waals surface area contributed by atoms with E-state index in [1.807, 2.05) is 84.6 Å². The van der Waals surface area contributed by atoms with E-state index in [0.29, 0.717) is 41.1 Å². The summed E-state index contributed by atoms with van der Waals surface area (Å²) in [6.45, 7) is 1.85. The molecular formula is C26H26Cl3N3O. The van der Waals surface area contributed by atoms with E-state index < -0.39 is 0 Å². The topological polar surface area (TPSA) is 26.8 Å². The lowest BCUT2D eigenvalue weighted by Crippen LogP contribution is -2.51. The lowest BCUT2D eigenvalue weighted by molar-refractivity contribution is -0.131. The quantitative estimate of drug-likeness (QED) is 0.407. The van der Waals surface area contributed by atoms with Gasteiger partial charge in [0.1, 0.15) is 0 Å². The summed E-state index contributed by atoms with van der Waals surface area (Å²) in [7, 11) is 4.01. The summed E-state index contributed by atoms with van der Waals surface area (Å²) >= 11 is 18.8. The summed E-state index contributed by atoms with van der Waals surface area (Å²) in [5.74, 6) is 0.119. The molecule has 0 spiro atoms. The molecular weight excluding hydrogens is 477 g/mol. The Balaban J connectivity index is 1.56.